The fourth-order valence-electron chi connectivity index (χ4n) is 2.09. The lowest BCUT2D eigenvalue weighted by Gasteiger charge is -2.18. The molecule has 0 heterocycles. The predicted octanol–water partition coefficient (Wildman–Crippen LogP) is 3.52. The topological polar surface area (TPSA) is 32.3 Å². The Kier molecular flexibility index (Phi) is 4.88. The lowest BCUT2D eigenvalue weighted by atomic mass is 10.1. The molecule has 0 bridgehead atoms. The Bertz CT molecular complexity index is 553. The van der Waals surface area contributed by atoms with E-state index < -0.39 is 6.10 Å². The van der Waals surface area contributed by atoms with Gasteiger partial charge in [0.2, 0.25) is 0 Å². The second kappa shape index (κ2) is 6.64. The molecule has 0 aliphatic carbocycles. The Morgan fingerprint density at radius 3 is 2.45 bits per heavy atom. The Balaban J connectivity index is 1.93. The van der Waals surface area contributed by atoms with Crippen molar-refractivity contribution in [3.8, 4) is 0 Å². The minimum absolute atomic E-state index is 0.138. The van der Waals surface area contributed by atoms with Crippen molar-refractivity contribution < 1.29 is 9.50 Å². The van der Waals surface area contributed by atoms with Crippen LogP contribution in [0.25, 0.3) is 0 Å². The van der Waals surface area contributed by atoms with Crippen molar-refractivity contribution in [2.75, 3.05) is 6.54 Å². The van der Waals surface area contributed by atoms with Gasteiger partial charge < -0.3 is 10.4 Å². The Hall–Kier alpha value is -1.71. The maximum Gasteiger partial charge on any atom is 0.123 e. The average Bonchev–Trinajstić information content (AvgIpc) is 2.45. The van der Waals surface area contributed by atoms with Gasteiger partial charge in [0.05, 0.1) is 6.10 Å². The molecule has 0 fully saturated rings. The number of hydrogen-bond acceptors (Lipinski definition) is 2. The monoisotopic (exact) mass is 273 g/mol. The minimum atomic E-state index is -0.710. The van der Waals surface area contributed by atoms with Crippen LogP contribution >= 0.6 is 0 Å². The first-order valence-corrected chi connectivity index (χ1v) is 6.80. The van der Waals surface area contributed by atoms with Gasteiger partial charge in [-0.1, -0.05) is 42.0 Å². The molecule has 1 unspecified atom stereocenters. The summed E-state index contributed by atoms with van der Waals surface area (Å²) in [4.78, 5) is 0. The van der Waals surface area contributed by atoms with Crippen molar-refractivity contribution in [1.82, 2.24) is 5.32 Å². The number of aliphatic hydroxyl groups is 1. The van der Waals surface area contributed by atoms with Gasteiger partial charge in [-0.25, -0.2) is 4.39 Å². The van der Waals surface area contributed by atoms with Gasteiger partial charge in [-0.2, -0.15) is 0 Å². The number of halogens is 1. The number of aliphatic hydroxyl groups excluding tert-OH is 1. The Labute approximate surface area is 119 Å². The summed E-state index contributed by atoms with van der Waals surface area (Å²) in [6.45, 7) is 4.48. The predicted molar refractivity (Wildman–Crippen MR) is 79.0 cm³/mol. The van der Waals surface area contributed by atoms with E-state index in [1.54, 1.807) is 12.1 Å². The molecule has 0 amide bonds. The van der Waals surface area contributed by atoms with Gasteiger partial charge in [0.15, 0.2) is 0 Å². The van der Waals surface area contributed by atoms with Crippen LogP contribution in [0.3, 0.4) is 0 Å². The van der Waals surface area contributed by atoms with Crippen molar-refractivity contribution in [2.24, 2.45) is 0 Å². The fourth-order valence-corrected chi connectivity index (χ4v) is 2.09. The molecular formula is C17H20FNO. The van der Waals surface area contributed by atoms with Gasteiger partial charge >= 0.3 is 0 Å². The summed E-state index contributed by atoms with van der Waals surface area (Å²) >= 11 is 0. The number of hydrogen-bond donors (Lipinski definition) is 2. The lowest BCUT2D eigenvalue weighted by molar-refractivity contribution is 0.170. The maximum absolute atomic E-state index is 13.1. The molecule has 3 heteroatoms. The van der Waals surface area contributed by atoms with Gasteiger partial charge in [0.25, 0.3) is 0 Å². The van der Waals surface area contributed by atoms with Crippen molar-refractivity contribution in [3.05, 3.63) is 71.0 Å². The van der Waals surface area contributed by atoms with Crippen LogP contribution in [0.2, 0.25) is 0 Å². The third-order valence-corrected chi connectivity index (χ3v) is 3.43. The quantitative estimate of drug-likeness (QED) is 0.873. The zero-order valence-electron chi connectivity index (χ0n) is 11.8. The van der Waals surface area contributed by atoms with E-state index in [1.165, 1.54) is 23.3 Å². The third-order valence-electron chi connectivity index (χ3n) is 3.43. The van der Waals surface area contributed by atoms with E-state index in [0.717, 1.165) is 0 Å². The summed E-state index contributed by atoms with van der Waals surface area (Å²) in [6.07, 6.45) is -0.710. The second-order valence-corrected chi connectivity index (χ2v) is 5.11. The first-order chi connectivity index (χ1) is 9.56. The van der Waals surface area contributed by atoms with E-state index in [1.807, 2.05) is 6.92 Å². The van der Waals surface area contributed by atoms with Gasteiger partial charge in [0, 0.05) is 12.6 Å². The van der Waals surface area contributed by atoms with E-state index in [9.17, 15) is 9.50 Å². The van der Waals surface area contributed by atoms with E-state index in [2.05, 4.69) is 36.5 Å². The first-order valence-electron chi connectivity index (χ1n) is 6.80. The van der Waals surface area contributed by atoms with Crippen molar-refractivity contribution in [1.29, 1.82) is 0 Å². The Morgan fingerprint density at radius 1 is 1.10 bits per heavy atom. The number of rotatable bonds is 5. The molecule has 2 rings (SSSR count). The van der Waals surface area contributed by atoms with Gasteiger partial charge in [-0.3, -0.25) is 0 Å². The van der Waals surface area contributed by atoms with Crippen molar-refractivity contribution in [3.63, 3.8) is 0 Å². The van der Waals surface area contributed by atoms with Crippen molar-refractivity contribution in [2.45, 2.75) is 26.0 Å². The van der Waals surface area contributed by atoms with Gasteiger partial charge in [-0.15, -0.1) is 0 Å². The minimum Gasteiger partial charge on any atom is -0.387 e. The van der Waals surface area contributed by atoms with Gasteiger partial charge in [-0.05, 0) is 37.1 Å². The number of aryl methyl sites for hydroxylation is 1. The summed E-state index contributed by atoms with van der Waals surface area (Å²) < 4.78 is 13.1. The summed E-state index contributed by atoms with van der Waals surface area (Å²) in [5, 5.41) is 13.3. The average molecular weight is 273 g/mol. The molecule has 2 aromatic carbocycles. The maximum atomic E-state index is 13.1. The highest BCUT2D eigenvalue weighted by molar-refractivity contribution is 5.24. The van der Waals surface area contributed by atoms with Crippen molar-refractivity contribution >= 4 is 0 Å². The van der Waals surface area contributed by atoms with E-state index in [0.29, 0.717) is 12.1 Å². The van der Waals surface area contributed by atoms with Crippen LogP contribution < -0.4 is 5.32 Å². The zero-order chi connectivity index (χ0) is 14.5. The standard InChI is InChI=1S/C17H20FNO/c1-12-6-8-14(9-7-12)13(2)19-11-17(20)15-4-3-5-16(18)10-15/h3-10,13,17,19-20H,11H2,1-2H3/t13-,17?/m1/s1. The smallest absolute Gasteiger partial charge is 0.123 e. The molecule has 0 spiro atoms. The fraction of sp³-hybridized carbons (Fsp3) is 0.294. The second-order valence-electron chi connectivity index (χ2n) is 5.11. The van der Waals surface area contributed by atoms with Crippen LogP contribution in [-0.4, -0.2) is 11.7 Å². The van der Waals surface area contributed by atoms with Crippen LogP contribution in [0.15, 0.2) is 48.5 Å². The van der Waals surface area contributed by atoms with Crippen LogP contribution in [-0.2, 0) is 0 Å². The molecule has 0 saturated carbocycles. The first kappa shape index (κ1) is 14.7. The van der Waals surface area contributed by atoms with Gasteiger partial charge in [0.1, 0.15) is 5.82 Å². The summed E-state index contributed by atoms with van der Waals surface area (Å²) in [6, 6.07) is 14.5. The van der Waals surface area contributed by atoms with E-state index in [-0.39, 0.29) is 11.9 Å². The molecule has 106 valence electrons. The molecule has 0 saturated heterocycles. The summed E-state index contributed by atoms with van der Waals surface area (Å²) in [5.74, 6) is -0.326. The van der Waals surface area contributed by atoms with Crippen LogP contribution in [0.1, 0.15) is 35.8 Å². The molecule has 0 aromatic heterocycles. The highest BCUT2D eigenvalue weighted by atomic mass is 19.1. The molecule has 0 radical (unpaired) electrons. The molecular weight excluding hydrogens is 253 g/mol. The zero-order valence-corrected chi connectivity index (χ0v) is 11.8. The molecule has 0 aliphatic heterocycles. The van der Waals surface area contributed by atoms with Crippen LogP contribution in [0.5, 0.6) is 0 Å². The number of nitrogens with one attached hydrogen (secondary N) is 1. The van der Waals surface area contributed by atoms with E-state index in [4.69, 9.17) is 0 Å². The molecule has 2 nitrogen and oxygen atoms in total. The van der Waals surface area contributed by atoms with Crippen LogP contribution in [0.4, 0.5) is 4.39 Å². The summed E-state index contributed by atoms with van der Waals surface area (Å²) in [7, 11) is 0. The highest BCUT2D eigenvalue weighted by Crippen LogP contribution is 2.16. The molecule has 0 aliphatic rings. The summed E-state index contributed by atoms with van der Waals surface area (Å²) in [5.41, 5.74) is 2.98. The lowest BCUT2D eigenvalue weighted by Crippen LogP contribution is -2.24. The van der Waals surface area contributed by atoms with Crippen LogP contribution in [0, 0.1) is 12.7 Å². The molecule has 2 atom stereocenters. The normalized spacial score (nSPS) is 14.0. The SMILES string of the molecule is Cc1ccc([C@@H](C)NCC(O)c2cccc(F)c2)cc1. The third kappa shape index (κ3) is 3.89. The largest absolute Gasteiger partial charge is 0.387 e. The molecule has 2 N–H and O–H groups in total. The molecule has 20 heavy (non-hydrogen) atoms. The Morgan fingerprint density at radius 2 is 1.80 bits per heavy atom. The van der Waals surface area contributed by atoms with E-state index >= 15 is 0 Å². The molecule has 2 aromatic rings. The number of benzene rings is 2. The highest BCUT2D eigenvalue weighted by Gasteiger charge is 2.11.